The molecule has 0 heterocycles. The number of rotatable bonds is 4. The molecule has 2 nitrogen and oxygen atoms in total. The summed E-state index contributed by atoms with van der Waals surface area (Å²) in [5, 5.41) is 13.2. The van der Waals surface area contributed by atoms with Crippen LogP contribution in [0.5, 0.6) is 0 Å². The van der Waals surface area contributed by atoms with Crippen LogP contribution in [0.2, 0.25) is 0 Å². The van der Waals surface area contributed by atoms with E-state index in [2.05, 4.69) is 41.2 Å². The minimum absolute atomic E-state index is 0.401. The molecular weight excluding hydrogens is 312 g/mol. The molecule has 108 valence electrons. The number of nitrogens with zero attached hydrogens (tertiary/aromatic N) is 1. The molecule has 2 rings (SSSR count). The van der Waals surface area contributed by atoms with E-state index in [1.165, 1.54) is 12.8 Å². The summed E-state index contributed by atoms with van der Waals surface area (Å²) in [5.41, 5.74) is 0.626. The summed E-state index contributed by atoms with van der Waals surface area (Å²) < 4.78 is 1.03. The fourth-order valence-corrected chi connectivity index (χ4v) is 3.70. The van der Waals surface area contributed by atoms with Gasteiger partial charge in [0.2, 0.25) is 0 Å². The number of nitriles is 1. The predicted molar refractivity (Wildman–Crippen MR) is 87.5 cm³/mol. The molecule has 0 radical (unpaired) electrons. The van der Waals surface area contributed by atoms with Gasteiger partial charge in [0.1, 0.15) is 5.54 Å². The Kier molecular flexibility index (Phi) is 5.10. The molecule has 1 aliphatic carbocycles. The average molecular weight is 335 g/mol. The quantitative estimate of drug-likeness (QED) is 0.804. The van der Waals surface area contributed by atoms with Gasteiger partial charge in [-0.25, -0.2) is 0 Å². The second kappa shape index (κ2) is 6.63. The highest BCUT2D eigenvalue weighted by molar-refractivity contribution is 9.10. The van der Waals surface area contributed by atoms with Crippen LogP contribution in [0.15, 0.2) is 28.7 Å². The van der Waals surface area contributed by atoms with Gasteiger partial charge in [-0.2, -0.15) is 5.26 Å². The highest BCUT2D eigenvalue weighted by atomic mass is 79.9. The Morgan fingerprint density at radius 2 is 2.20 bits per heavy atom. The van der Waals surface area contributed by atoms with Crippen LogP contribution in [0, 0.1) is 23.2 Å². The summed E-state index contributed by atoms with van der Waals surface area (Å²) in [6.45, 7) is 4.54. The van der Waals surface area contributed by atoms with E-state index in [1.54, 1.807) is 0 Å². The second-order valence-corrected chi connectivity index (χ2v) is 7.25. The number of benzene rings is 1. The van der Waals surface area contributed by atoms with E-state index in [9.17, 15) is 5.26 Å². The third kappa shape index (κ3) is 3.76. The van der Waals surface area contributed by atoms with Gasteiger partial charge in [-0.3, -0.25) is 0 Å². The normalized spacial score (nSPS) is 26.2. The Labute approximate surface area is 130 Å². The molecule has 0 amide bonds. The number of hydrogen-bond donors (Lipinski definition) is 1. The van der Waals surface area contributed by atoms with Crippen molar-refractivity contribution in [3.63, 3.8) is 0 Å². The van der Waals surface area contributed by atoms with Crippen molar-refractivity contribution < 1.29 is 0 Å². The Balaban J connectivity index is 2.13. The van der Waals surface area contributed by atoms with Crippen molar-refractivity contribution in [2.24, 2.45) is 11.8 Å². The summed E-state index contributed by atoms with van der Waals surface area (Å²) in [7, 11) is 0. The van der Waals surface area contributed by atoms with Gasteiger partial charge in [0.15, 0.2) is 0 Å². The maximum atomic E-state index is 9.72. The van der Waals surface area contributed by atoms with Crippen molar-refractivity contribution >= 4 is 21.6 Å². The van der Waals surface area contributed by atoms with Crippen LogP contribution in [-0.2, 0) is 0 Å². The molecule has 3 heteroatoms. The first-order valence-electron chi connectivity index (χ1n) is 7.48. The van der Waals surface area contributed by atoms with E-state index < -0.39 is 5.54 Å². The molecule has 20 heavy (non-hydrogen) atoms. The van der Waals surface area contributed by atoms with Crippen molar-refractivity contribution in [1.82, 2.24) is 0 Å². The van der Waals surface area contributed by atoms with Gasteiger partial charge in [-0.15, -0.1) is 0 Å². The lowest BCUT2D eigenvalue weighted by atomic mass is 9.73. The first-order chi connectivity index (χ1) is 9.54. The first kappa shape index (κ1) is 15.4. The van der Waals surface area contributed by atoms with Gasteiger partial charge in [0.25, 0.3) is 0 Å². The van der Waals surface area contributed by atoms with Crippen LogP contribution in [-0.4, -0.2) is 5.54 Å². The molecule has 0 bridgehead atoms. The molecule has 2 unspecified atom stereocenters. The van der Waals surface area contributed by atoms with Crippen molar-refractivity contribution in [3.8, 4) is 6.07 Å². The predicted octanol–water partition coefficient (Wildman–Crippen LogP) is 5.36. The van der Waals surface area contributed by atoms with Crippen LogP contribution in [0.1, 0.15) is 46.0 Å². The summed E-state index contributed by atoms with van der Waals surface area (Å²) in [5.74, 6) is 1.37. The van der Waals surface area contributed by atoms with Crippen molar-refractivity contribution in [2.75, 3.05) is 5.32 Å². The molecule has 0 saturated heterocycles. The van der Waals surface area contributed by atoms with Gasteiger partial charge >= 0.3 is 0 Å². The summed E-state index contributed by atoms with van der Waals surface area (Å²) in [6.07, 6.45) is 5.53. The average Bonchev–Trinajstić information content (AvgIpc) is 2.41. The monoisotopic (exact) mass is 334 g/mol. The van der Waals surface area contributed by atoms with E-state index in [4.69, 9.17) is 0 Å². The number of anilines is 1. The van der Waals surface area contributed by atoms with Gasteiger partial charge in [0.05, 0.1) is 6.07 Å². The lowest BCUT2D eigenvalue weighted by Crippen LogP contribution is -2.42. The minimum Gasteiger partial charge on any atom is -0.366 e. The van der Waals surface area contributed by atoms with Crippen LogP contribution in [0.3, 0.4) is 0 Å². The maximum Gasteiger partial charge on any atom is 0.125 e. The number of halogens is 1. The Hall–Kier alpha value is -1.01. The summed E-state index contributed by atoms with van der Waals surface area (Å²) in [4.78, 5) is 0. The molecule has 1 aliphatic rings. The lowest BCUT2D eigenvalue weighted by molar-refractivity contribution is 0.254. The van der Waals surface area contributed by atoms with Crippen LogP contribution in [0.25, 0.3) is 0 Å². The summed E-state index contributed by atoms with van der Waals surface area (Å²) >= 11 is 3.56. The van der Waals surface area contributed by atoms with E-state index >= 15 is 0 Å². The number of hydrogen-bond acceptors (Lipinski definition) is 2. The molecule has 1 aromatic carbocycles. The van der Waals surface area contributed by atoms with Crippen molar-refractivity contribution in [3.05, 3.63) is 28.7 Å². The second-order valence-electron chi connectivity index (χ2n) is 6.39. The molecule has 1 aromatic rings. The van der Waals surface area contributed by atoms with E-state index in [1.807, 2.05) is 24.3 Å². The first-order valence-corrected chi connectivity index (χ1v) is 8.28. The topological polar surface area (TPSA) is 35.8 Å². The van der Waals surface area contributed by atoms with Gasteiger partial charge < -0.3 is 5.32 Å². The molecule has 2 atom stereocenters. The lowest BCUT2D eigenvalue weighted by Gasteiger charge is -2.38. The van der Waals surface area contributed by atoms with E-state index in [0.29, 0.717) is 11.8 Å². The third-order valence-corrected chi connectivity index (χ3v) is 4.81. The fraction of sp³-hybridized carbons (Fsp3) is 0.588. The number of para-hydroxylation sites is 1. The molecular formula is C17H23BrN2. The standard InChI is InChI=1S/C17H23BrN2/c1-13(2)10-14-6-5-9-17(11-14,12-19)20-16-8-4-3-7-15(16)18/h3-4,7-8,13-14,20H,5-6,9-11H2,1-2H3. The fourth-order valence-electron chi connectivity index (χ4n) is 3.32. The van der Waals surface area contributed by atoms with Crippen LogP contribution in [0.4, 0.5) is 5.69 Å². The van der Waals surface area contributed by atoms with E-state index in [0.717, 1.165) is 29.4 Å². The zero-order valence-corrected chi connectivity index (χ0v) is 13.9. The van der Waals surface area contributed by atoms with Gasteiger partial charge in [0, 0.05) is 10.2 Å². The molecule has 0 spiro atoms. The van der Waals surface area contributed by atoms with Crippen molar-refractivity contribution in [2.45, 2.75) is 51.5 Å². The van der Waals surface area contributed by atoms with E-state index in [-0.39, 0.29) is 0 Å². The van der Waals surface area contributed by atoms with Crippen LogP contribution < -0.4 is 5.32 Å². The molecule has 0 aromatic heterocycles. The van der Waals surface area contributed by atoms with Crippen molar-refractivity contribution in [1.29, 1.82) is 5.26 Å². The highest BCUT2D eigenvalue weighted by Gasteiger charge is 2.36. The van der Waals surface area contributed by atoms with Gasteiger partial charge in [-0.05, 0) is 65.6 Å². The maximum absolute atomic E-state index is 9.72. The minimum atomic E-state index is -0.401. The van der Waals surface area contributed by atoms with Gasteiger partial charge in [-0.1, -0.05) is 32.4 Å². The largest absolute Gasteiger partial charge is 0.366 e. The number of nitrogens with one attached hydrogen (secondary N) is 1. The molecule has 1 saturated carbocycles. The zero-order chi connectivity index (χ0) is 14.6. The molecule has 1 N–H and O–H groups in total. The SMILES string of the molecule is CC(C)CC1CCCC(C#N)(Nc2ccccc2Br)C1. The Bertz CT molecular complexity index is 492. The zero-order valence-electron chi connectivity index (χ0n) is 12.3. The molecule has 0 aliphatic heterocycles. The summed E-state index contributed by atoms with van der Waals surface area (Å²) in [6, 6.07) is 10.6. The highest BCUT2D eigenvalue weighted by Crippen LogP contribution is 2.38. The Morgan fingerprint density at radius 1 is 1.45 bits per heavy atom. The molecule has 1 fully saturated rings. The van der Waals surface area contributed by atoms with Crippen LogP contribution >= 0.6 is 15.9 Å². The smallest absolute Gasteiger partial charge is 0.125 e. The Morgan fingerprint density at radius 3 is 2.85 bits per heavy atom. The third-order valence-electron chi connectivity index (χ3n) is 4.12.